The molecule has 2 unspecified atom stereocenters. The van der Waals surface area contributed by atoms with Gasteiger partial charge in [-0.25, -0.2) is 0 Å². The highest BCUT2D eigenvalue weighted by Gasteiger charge is 2.20. The van der Waals surface area contributed by atoms with Crippen LogP contribution in [0.2, 0.25) is 0 Å². The molecule has 0 spiro atoms. The minimum atomic E-state index is 0.213. The maximum atomic E-state index is 11.4. The molecule has 94 valence electrons. The average molecular weight is 244 g/mol. The second-order valence-electron chi connectivity index (χ2n) is 4.71. The Morgan fingerprint density at radius 3 is 2.81 bits per heavy atom. The summed E-state index contributed by atoms with van der Waals surface area (Å²) in [5, 5.41) is 4.33. The molecule has 1 rings (SSSR count). The molecule has 0 heterocycles. The SMILES string of the molecule is CSC1CCCC(NCCC(=O)N(C)C)C1. The summed E-state index contributed by atoms with van der Waals surface area (Å²) in [6, 6.07) is 0.626. The Labute approximate surface area is 103 Å². The van der Waals surface area contributed by atoms with Gasteiger partial charge in [0.1, 0.15) is 0 Å². The van der Waals surface area contributed by atoms with Crippen molar-refractivity contribution in [3.05, 3.63) is 0 Å². The van der Waals surface area contributed by atoms with Crippen molar-refractivity contribution in [1.29, 1.82) is 0 Å². The smallest absolute Gasteiger partial charge is 0.223 e. The number of rotatable bonds is 5. The van der Waals surface area contributed by atoms with E-state index in [0.717, 1.165) is 11.8 Å². The predicted octanol–water partition coefficient (Wildman–Crippen LogP) is 1.73. The third kappa shape index (κ3) is 4.74. The zero-order chi connectivity index (χ0) is 12.0. The first-order valence-electron chi connectivity index (χ1n) is 6.09. The van der Waals surface area contributed by atoms with Crippen LogP contribution in [0.1, 0.15) is 32.1 Å². The summed E-state index contributed by atoms with van der Waals surface area (Å²) in [6.07, 6.45) is 8.03. The fourth-order valence-electron chi connectivity index (χ4n) is 2.15. The van der Waals surface area contributed by atoms with Crippen LogP contribution >= 0.6 is 11.8 Å². The molecular formula is C12H24N2OS. The summed E-state index contributed by atoms with van der Waals surface area (Å²) in [5.74, 6) is 0.213. The first-order valence-corrected chi connectivity index (χ1v) is 7.38. The number of amides is 1. The molecule has 0 saturated heterocycles. The van der Waals surface area contributed by atoms with E-state index in [4.69, 9.17) is 0 Å². The molecule has 1 saturated carbocycles. The van der Waals surface area contributed by atoms with E-state index >= 15 is 0 Å². The maximum absolute atomic E-state index is 11.4. The molecular weight excluding hydrogens is 220 g/mol. The fraction of sp³-hybridized carbons (Fsp3) is 0.917. The molecule has 1 aliphatic rings. The second kappa shape index (κ2) is 7.17. The van der Waals surface area contributed by atoms with Crippen LogP contribution in [-0.2, 0) is 4.79 Å². The molecule has 0 aromatic carbocycles. The lowest BCUT2D eigenvalue weighted by Crippen LogP contribution is -2.37. The summed E-state index contributed by atoms with van der Waals surface area (Å²) in [7, 11) is 3.62. The van der Waals surface area contributed by atoms with Crippen molar-refractivity contribution < 1.29 is 4.79 Å². The zero-order valence-corrected chi connectivity index (χ0v) is 11.5. The van der Waals surface area contributed by atoms with E-state index in [1.165, 1.54) is 25.7 Å². The van der Waals surface area contributed by atoms with Gasteiger partial charge in [-0.15, -0.1) is 0 Å². The molecule has 0 aliphatic heterocycles. The topological polar surface area (TPSA) is 32.3 Å². The Kier molecular flexibility index (Phi) is 6.21. The van der Waals surface area contributed by atoms with E-state index in [-0.39, 0.29) is 5.91 Å². The molecule has 4 heteroatoms. The first-order chi connectivity index (χ1) is 7.63. The van der Waals surface area contributed by atoms with Gasteiger partial charge in [0.15, 0.2) is 0 Å². The van der Waals surface area contributed by atoms with Crippen LogP contribution in [0.25, 0.3) is 0 Å². The highest BCUT2D eigenvalue weighted by Crippen LogP contribution is 2.26. The molecule has 0 aromatic heterocycles. The number of carbonyl (C=O) groups is 1. The molecule has 1 N–H and O–H groups in total. The van der Waals surface area contributed by atoms with Crippen LogP contribution in [0.15, 0.2) is 0 Å². The normalized spacial score (nSPS) is 25.4. The molecule has 1 amide bonds. The van der Waals surface area contributed by atoms with Gasteiger partial charge in [0.05, 0.1) is 0 Å². The predicted molar refractivity (Wildman–Crippen MR) is 70.9 cm³/mol. The third-order valence-corrected chi connectivity index (χ3v) is 4.32. The highest BCUT2D eigenvalue weighted by molar-refractivity contribution is 7.99. The molecule has 0 bridgehead atoms. The van der Waals surface area contributed by atoms with Crippen LogP contribution in [0.5, 0.6) is 0 Å². The van der Waals surface area contributed by atoms with Crippen LogP contribution in [0.4, 0.5) is 0 Å². The van der Waals surface area contributed by atoms with Gasteiger partial charge in [-0.2, -0.15) is 11.8 Å². The summed E-state index contributed by atoms with van der Waals surface area (Å²) in [6.45, 7) is 0.822. The van der Waals surface area contributed by atoms with Gasteiger partial charge in [0, 0.05) is 38.4 Å². The second-order valence-corrected chi connectivity index (χ2v) is 5.85. The summed E-state index contributed by atoms with van der Waals surface area (Å²) in [4.78, 5) is 13.0. The minimum absolute atomic E-state index is 0.213. The van der Waals surface area contributed by atoms with Gasteiger partial charge in [0.25, 0.3) is 0 Å². The largest absolute Gasteiger partial charge is 0.349 e. The standard InChI is InChI=1S/C12H24N2OS/c1-14(2)12(15)7-8-13-10-5-4-6-11(9-10)16-3/h10-11,13H,4-9H2,1-3H3. The Morgan fingerprint density at radius 1 is 1.44 bits per heavy atom. The summed E-state index contributed by atoms with van der Waals surface area (Å²) < 4.78 is 0. The monoisotopic (exact) mass is 244 g/mol. The van der Waals surface area contributed by atoms with E-state index in [0.29, 0.717) is 12.5 Å². The van der Waals surface area contributed by atoms with Crippen molar-refractivity contribution in [2.45, 2.75) is 43.4 Å². The molecule has 3 nitrogen and oxygen atoms in total. The van der Waals surface area contributed by atoms with Crippen molar-refractivity contribution in [2.24, 2.45) is 0 Å². The number of carbonyl (C=O) groups excluding carboxylic acids is 1. The van der Waals surface area contributed by atoms with E-state index < -0.39 is 0 Å². The Hall–Kier alpha value is -0.220. The van der Waals surface area contributed by atoms with Crippen molar-refractivity contribution in [1.82, 2.24) is 10.2 Å². The van der Waals surface area contributed by atoms with Crippen molar-refractivity contribution in [2.75, 3.05) is 26.9 Å². The van der Waals surface area contributed by atoms with Crippen LogP contribution in [0, 0.1) is 0 Å². The lowest BCUT2D eigenvalue weighted by molar-refractivity contribution is -0.128. The number of nitrogens with zero attached hydrogens (tertiary/aromatic N) is 1. The Bertz CT molecular complexity index is 221. The van der Waals surface area contributed by atoms with Gasteiger partial charge in [0.2, 0.25) is 5.91 Å². The van der Waals surface area contributed by atoms with E-state index in [2.05, 4.69) is 11.6 Å². The van der Waals surface area contributed by atoms with Crippen LogP contribution in [-0.4, -0.2) is 49.0 Å². The van der Waals surface area contributed by atoms with E-state index in [1.54, 1.807) is 4.90 Å². The average Bonchev–Trinajstić information content (AvgIpc) is 2.29. The maximum Gasteiger partial charge on any atom is 0.223 e. The zero-order valence-electron chi connectivity index (χ0n) is 10.7. The van der Waals surface area contributed by atoms with Crippen LogP contribution in [0.3, 0.4) is 0 Å². The minimum Gasteiger partial charge on any atom is -0.349 e. The molecule has 16 heavy (non-hydrogen) atoms. The van der Waals surface area contributed by atoms with Crippen molar-refractivity contribution in [3.63, 3.8) is 0 Å². The van der Waals surface area contributed by atoms with E-state index in [1.807, 2.05) is 25.9 Å². The quantitative estimate of drug-likeness (QED) is 0.799. The van der Waals surface area contributed by atoms with Gasteiger partial charge in [-0.3, -0.25) is 4.79 Å². The fourth-order valence-corrected chi connectivity index (χ4v) is 2.98. The van der Waals surface area contributed by atoms with Gasteiger partial charge in [-0.1, -0.05) is 6.42 Å². The molecule has 1 aliphatic carbocycles. The lowest BCUT2D eigenvalue weighted by Gasteiger charge is -2.28. The highest BCUT2D eigenvalue weighted by atomic mass is 32.2. The summed E-state index contributed by atoms with van der Waals surface area (Å²) in [5.41, 5.74) is 0. The molecule has 1 fully saturated rings. The van der Waals surface area contributed by atoms with Crippen molar-refractivity contribution in [3.8, 4) is 0 Å². The van der Waals surface area contributed by atoms with Gasteiger partial charge in [-0.05, 0) is 25.5 Å². The number of thioether (sulfide) groups is 1. The van der Waals surface area contributed by atoms with Gasteiger partial charge >= 0.3 is 0 Å². The Morgan fingerprint density at radius 2 is 2.19 bits per heavy atom. The molecule has 2 atom stereocenters. The van der Waals surface area contributed by atoms with Crippen molar-refractivity contribution >= 4 is 17.7 Å². The lowest BCUT2D eigenvalue weighted by atomic mass is 9.95. The van der Waals surface area contributed by atoms with Gasteiger partial charge < -0.3 is 10.2 Å². The van der Waals surface area contributed by atoms with E-state index in [9.17, 15) is 4.79 Å². The molecule has 0 aromatic rings. The first kappa shape index (κ1) is 13.8. The Balaban J connectivity index is 2.15. The number of hydrogen-bond donors (Lipinski definition) is 1. The molecule has 0 radical (unpaired) electrons. The summed E-state index contributed by atoms with van der Waals surface area (Å²) >= 11 is 1.98. The third-order valence-electron chi connectivity index (χ3n) is 3.23. The number of nitrogens with one attached hydrogen (secondary N) is 1. The number of hydrogen-bond acceptors (Lipinski definition) is 3. The van der Waals surface area contributed by atoms with Crippen LogP contribution < -0.4 is 5.32 Å².